The van der Waals surface area contributed by atoms with Crippen molar-refractivity contribution in [3.8, 4) is 5.75 Å². The van der Waals surface area contributed by atoms with Crippen LogP contribution in [-0.2, 0) is 0 Å². The first kappa shape index (κ1) is 16.7. The van der Waals surface area contributed by atoms with Crippen molar-refractivity contribution < 1.29 is 17.9 Å². The van der Waals surface area contributed by atoms with Gasteiger partial charge in [0.15, 0.2) is 0 Å². The van der Waals surface area contributed by atoms with Gasteiger partial charge in [0.05, 0.1) is 12.2 Å². The fraction of sp³-hybridized carbons (Fsp3) is 0.462. The molecule has 0 aliphatic heterocycles. The van der Waals surface area contributed by atoms with Crippen LogP contribution in [0.2, 0.25) is 0 Å². The number of halogens is 3. The number of hydrogen-bond acceptors (Lipinski definition) is 3. The number of nitrogens with two attached hydrogens (primary N) is 1. The zero-order chi connectivity index (χ0) is 15.2. The predicted molar refractivity (Wildman–Crippen MR) is 74.6 cm³/mol. The van der Waals surface area contributed by atoms with Crippen molar-refractivity contribution in [3.05, 3.63) is 23.8 Å². The van der Waals surface area contributed by atoms with Crippen molar-refractivity contribution in [2.45, 2.75) is 30.8 Å². The Hall–Kier alpha value is -1.37. The molecule has 7 heteroatoms. The molecule has 0 bridgehead atoms. The van der Waals surface area contributed by atoms with Gasteiger partial charge in [0.25, 0.3) is 0 Å². The standard InChI is InChI=1S/C13H17F3N2OS/c1-2-20-10-6-3-5-9(11(10)12(17)18)19-8-4-7-13(14,15)16/h3,5-6H,2,4,7-8H2,1H3,(H3,17,18). The summed E-state index contributed by atoms with van der Waals surface area (Å²) in [7, 11) is 0. The second kappa shape index (κ2) is 7.42. The fourth-order valence-corrected chi connectivity index (χ4v) is 2.47. The minimum absolute atomic E-state index is 0.0555. The number of thioether (sulfide) groups is 1. The third-order valence-electron chi connectivity index (χ3n) is 2.42. The summed E-state index contributed by atoms with van der Waals surface area (Å²) in [4.78, 5) is 0.799. The zero-order valence-electron chi connectivity index (χ0n) is 11.1. The van der Waals surface area contributed by atoms with Gasteiger partial charge in [-0.1, -0.05) is 13.0 Å². The van der Waals surface area contributed by atoms with Crippen LogP contribution in [0.25, 0.3) is 0 Å². The number of nitrogen functional groups attached to an aromatic ring is 1. The summed E-state index contributed by atoms with van der Waals surface area (Å²) in [6, 6.07) is 5.17. The highest BCUT2D eigenvalue weighted by Crippen LogP contribution is 2.30. The predicted octanol–water partition coefficient (Wildman–Crippen LogP) is 3.80. The van der Waals surface area contributed by atoms with Crippen LogP contribution < -0.4 is 10.5 Å². The molecule has 0 atom stereocenters. The van der Waals surface area contributed by atoms with Crippen molar-refractivity contribution in [2.24, 2.45) is 5.73 Å². The number of ether oxygens (including phenoxy) is 1. The monoisotopic (exact) mass is 306 g/mol. The maximum absolute atomic E-state index is 12.0. The quantitative estimate of drug-likeness (QED) is 0.348. The van der Waals surface area contributed by atoms with Gasteiger partial charge in [-0.3, -0.25) is 5.41 Å². The molecule has 0 aromatic heterocycles. The molecule has 0 saturated heterocycles. The van der Waals surface area contributed by atoms with Crippen LogP contribution in [0.1, 0.15) is 25.3 Å². The Morgan fingerprint density at radius 1 is 1.40 bits per heavy atom. The molecule has 0 spiro atoms. The summed E-state index contributed by atoms with van der Waals surface area (Å²) in [6.07, 6.45) is -5.18. The van der Waals surface area contributed by atoms with E-state index < -0.39 is 12.6 Å². The lowest BCUT2D eigenvalue weighted by atomic mass is 10.2. The summed E-state index contributed by atoms with van der Waals surface area (Å²) >= 11 is 1.51. The molecule has 1 aromatic carbocycles. The van der Waals surface area contributed by atoms with E-state index in [1.807, 2.05) is 13.0 Å². The van der Waals surface area contributed by atoms with Gasteiger partial charge in [-0.15, -0.1) is 11.8 Å². The maximum Gasteiger partial charge on any atom is 0.389 e. The molecular weight excluding hydrogens is 289 g/mol. The number of rotatable bonds is 7. The van der Waals surface area contributed by atoms with Crippen molar-refractivity contribution >= 4 is 17.6 Å². The van der Waals surface area contributed by atoms with E-state index in [0.717, 1.165) is 10.6 Å². The Kier molecular flexibility index (Phi) is 6.19. The number of nitrogens with one attached hydrogen (secondary N) is 1. The molecule has 3 nitrogen and oxygen atoms in total. The first-order valence-corrected chi connectivity index (χ1v) is 7.13. The maximum atomic E-state index is 12.0. The van der Waals surface area contributed by atoms with Gasteiger partial charge in [0.1, 0.15) is 11.6 Å². The fourth-order valence-electron chi connectivity index (χ4n) is 1.63. The van der Waals surface area contributed by atoms with Crippen molar-refractivity contribution in [2.75, 3.05) is 12.4 Å². The van der Waals surface area contributed by atoms with Crippen molar-refractivity contribution in [1.82, 2.24) is 0 Å². The minimum atomic E-state index is -4.17. The van der Waals surface area contributed by atoms with E-state index in [-0.39, 0.29) is 18.9 Å². The minimum Gasteiger partial charge on any atom is -0.493 e. The highest BCUT2D eigenvalue weighted by Gasteiger charge is 2.26. The largest absolute Gasteiger partial charge is 0.493 e. The molecule has 0 amide bonds. The van der Waals surface area contributed by atoms with Gasteiger partial charge in [0.2, 0.25) is 0 Å². The van der Waals surface area contributed by atoms with Gasteiger partial charge in [-0.25, -0.2) is 0 Å². The van der Waals surface area contributed by atoms with Gasteiger partial charge < -0.3 is 10.5 Å². The first-order chi connectivity index (χ1) is 9.35. The highest BCUT2D eigenvalue weighted by molar-refractivity contribution is 7.99. The number of hydrogen-bond donors (Lipinski definition) is 2. The first-order valence-electron chi connectivity index (χ1n) is 6.15. The van der Waals surface area contributed by atoms with Crippen LogP contribution in [0.3, 0.4) is 0 Å². The van der Waals surface area contributed by atoms with Gasteiger partial charge in [-0.2, -0.15) is 13.2 Å². The molecule has 0 unspecified atom stereocenters. The lowest BCUT2D eigenvalue weighted by molar-refractivity contribution is -0.136. The molecule has 0 heterocycles. The Morgan fingerprint density at radius 3 is 2.65 bits per heavy atom. The van der Waals surface area contributed by atoms with Crippen molar-refractivity contribution in [1.29, 1.82) is 5.41 Å². The van der Waals surface area contributed by atoms with E-state index in [9.17, 15) is 13.2 Å². The molecule has 0 saturated carbocycles. The third kappa shape index (κ3) is 5.32. The molecule has 1 aromatic rings. The van der Waals surface area contributed by atoms with Crippen LogP contribution in [0, 0.1) is 5.41 Å². The van der Waals surface area contributed by atoms with Crippen molar-refractivity contribution in [3.63, 3.8) is 0 Å². The molecule has 3 N–H and O–H groups in total. The summed E-state index contributed by atoms with van der Waals surface area (Å²) in [5, 5.41) is 7.58. The molecule has 0 fully saturated rings. The third-order valence-corrected chi connectivity index (χ3v) is 3.36. The zero-order valence-corrected chi connectivity index (χ0v) is 11.9. The number of benzene rings is 1. The molecule has 1 rings (SSSR count). The van der Waals surface area contributed by atoms with E-state index in [1.54, 1.807) is 12.1 Å². The molecule has 0 aliphatic rings. The van der Waals surface area contributed by atoms with Gasteiger partial charge in [-0.05, 0) is 24.3 Å². The average Bonchev–Trinajstić information content (AvgIpc) is 2.33. The summed E-state index contributed by atoms with van der Waals surface area (Å²) in [5.41, 5.74) is 5.98. The second-order valence-corrected chi connectivity index (χ2v) is 5.35. The molecule has 0 radical (unpaired) electrons. The summed E-state index contributed by atoms with van der Waals surface area (Å²) in [6.45, 7) is 1.91. The van der Waals surface area contributed by atoms with Crippen LogP contribution in [0.4, 0.5) is 13.2 Å². The van der Waals surface area contributed by atoms with E-state index >= 15 is 0 Å². The van der Waals surface area contributed by atoms with E-state index in [0.29, 0.717) is 11.3 Å². The molecule has 0 aliphatic carbocycles. The van der Waals surface area contributed by atoms with Crippen LogP contribution in [0.5, 0.6) is 5.75 Å². The second-order valence-electron chi connectivity index (χ2n) is 4.04. The lowest BCUT2D eigenvalue weighted by Gasteiger charge is -2.14. The SMILES string of the molecule is CCSc1cccc(OCCCC(F)(F)F)c1C(=N)N. The van der Waals surface area contributed by atoms with Crippen LogP contribution in [-0.4, -0.2) is 24.4 Å². The molecular formula is C13H17F3N2OS. The summed E-state index contributed by atoms with van der Waals surface area (Å²) < 4.78 is 41.5. The molecule has 20 heavy (non-hydrogen) atoms. The smallest absolute Gasteiger partial charge is 0.389 e. The van der Waals surface area contributed by atoms with Crippen LogP contribution >= 0.6 is 11.8 Å². The topological polar surface area (TPSA) is 59.1 Å². The van der Waals surface area contributed by atoms with Crippen LogP contribution in [0.15, 0.2) is 23.1 Å². The van der Waals surface area contributed by atoms with E-state index in [1.165, 1.54) is 11.8 Å². The Balaban J connectivity index is 2.74. The normalized spacial score (nSPS) is 11.4. The van der Waals surface area contributed by atoms with E-state index in [4.69, 9.17) is 15.9 Å². The molecule has 112 valence electrons. The Labute approximate surface area is 120 Å². The Bertz CT molecular complexity index is 463. The van der Waals surface area contributed by atoms with Gasteiger partial charge in [0, 0.05) is 11.3 Å². The summed E-state index contributed by atoms with van der Waals surface area (Å²) in [5.74, 6) is 1.02. The Morgan fingerprint density at radius 2 is 2.10 bits per heavy atom. The average molecular weight is 306 g/mol. The number of amidine groups is 1. The van der Waals surface area contributed by atoms with Gasteiger partial charge >= 0.3 is 6.18 Å². The highest BCUT2D eigenvalue weighted by atomic mass is 32.2. The number of alkyl halides is 3. The van der Waals surface area contributed by atoms with E-state index in [2.05, 4.69) is 0 Å². The lowest BCUT2D eigenvalue weighted by Crippen LogP contribution is -2.15.